The van der Waals surface area contributed by atoms with Crippen molar-refractivity contribution in [3.8, 4) is 0 Å². The van der Waals surface area contributed by atoms with Gasteiger partial charge in [0, 0.05) is 29.0 Å². The number of amides is 2. The normalized spacial score (nSPS) is 14.2. The molecule has 0 radical (unpaired) electrons. The molecule has 31 heavy (non-hydrogen) atoms. The zero-order valence-electron chi connectivity index (χ0n) is 17.2. The lowest BCUT2D eigenvalue weighted by Gasteiger charge is -2.31. The van der Waals surface area contributed by atoms with Crippen LogP contribution in [0.1, 0.15) is 46.9 Å². The zero-order chi connectivity index (χ0) is 22.4. The summed E-state index contributed by atoms with van der Waals surface area (Å²) in [5.41, 5.74) is 1.12. The van der Waals surface area contributed by atoms with E-state index in [9.17, 15) is 18.8 Å². The van der Waals surface area contributed by atoms with Crippen LogP contribution in [0, 0.1) is 11.7 Å². The fourth-order valence-electron chi connectivity index (χ4n) is 3.42. The van der Waals surface area contributed by atoms with E-state index in [0.29, 0.717) is 60.2 Å². The Labute approximate surface area is 188 Å². The van der Waals surface area contributed by atoms with Crippen molar-refractivity contribution in [2.75, 3.05) is 25.0 Å². The van der Waals surface area contributed by atoms with Gasteiger partial charge in [0.15, 0.2) is 0 Å². The number of rotatable bonds is 6. The number of likely N-dealkylation sites (tertiary alicyclic amines) is 1. The van der Waals surface area contributed by atoms with Gasteiger partial charge in [0.1, 0.15) is 5.82 Å². The van der Waals surface area contributed by atoms with Gasteiger partial charge in [-0.2, -0.15) is 0 Å². The van der Waals surface area contributed by atoms with Crippen molar-refractivity contribution < 1.29 is 23.5 Å². The Morgan fingerprint density at radius 2 is 1.81 bits per heavy atom. The summed E-state index contributed by atoms with van der Waals surface area (Å²) in [6.07, 6.45) is 1.71. The van der Waals surface area contributed by atoms with Crippen molar-refractivity contribution in [1.29, 1.82) is 0 Å². The molecule has 1 saturated heterocycles. The van der Waals surface area contributed by atoms with E-state index in [0.717, 1.165) is 0 Å². The molecule has 1 aliphatic heterocycles. The van der Waals surface area contributed by atoms with Crippen molar-refractivity contribution in [3.63, 3.8) is 0 Å². The van der Waals surface area contributed by atoms with E-state index < -0.39 is 11.8 Å². The maximum atomic E-state index is 13.1. The molecule has 3 rings (SSSR count). The highest BCUT2D eigenvalue weighted by atomic mass is 79.9. The van der Waals surface area contributed by atoms with Crippen LogP contribution in [0.2, 0.25) is 0 Å². The van der Waals surface area contributed by atoms with E-state index in [1.54, 1.807) is 23.1 Å². The maximum absolute atomic E-state index is 13.1. The van der Waals surface area contributed by atoms with Crippen molar-refractivity contribution in [2.24, 2.45) is 5.92 Å². The fourth-order valence-corrected chi connectivity index (χ4v) is 3.78. The number of anilines is 1. The van der Waals surface area contributed by atoms with Gasteiger partial charge >= 0.3 is 5.97 Å². The van der Waals surface area contributed by atoms with Gasteiger partial charge in [-0.05, 0) is 61.7 Å². The minimum Gasteiger partial charge on any atom is -0.462 e. The topological polar surface area (TPSA) is 75.7 Å². The molecule has 164 valence electrons. The summed E-state index contributed by atoms with van der Waals surface area (Å²) < 4.78 is 19.0. The lowest BCUT2D eigenvalue weighted by atomic mass is 9.95. The second-order valence-electron chi connectivity index (χ2n) is 7.39. The molecular formula is C23H24BrFN2O4. The number of benzene rings is 2. The molecule has 2 aromatic rings. The molecule has 1 heterocycles. The van der Waals surface area contributed by atoms with E-state index in [4.69, 9.17) is 4.74 Å². The first-order chi connectivity index (χ1) is 14.9. The molecule has 6 nitrogen and oxygen atoms in total. The van der Waals surface area contributed by atoms with Crippen LogP contribution in [0.5, 0.6) is 0 Å². The van der Waals surface area contributed by atoms with Gasteiger partial charge in [-0.1, -0.05) is 22.9 Å². The number of carbonyl (C=O) groups is 3. The zero-order valence-corrected chi connectivity index (χ0v) is 18.8. The number of halogens is 2. The standard InChI is InChI=1S/C23H24BrFN2O4/c1-2-13-31-23(30)19-14-17(24)5-8-20(19)26-21(28)15-9-11-27(12-10-15)22(29)16-3-6-18(25)7-4-16/h3-8,14-15H,2,9-13H2,1H3,(H,26,28). The van der Waals surface area contributed by atoms with Crippen molar-refractivity contribution in [1.82, 2.24) is 4.90 Å². The van der Waals surface area contributed by atoms with Gasteiger partial charge in [-0.25, -0.2) is 9.18 Å². The molecule has 1 fully saturated rings. The SMILES string of the molecule is CCCOC(=O)c1cc(Br)ccc1NC(=O)C1CCN(C(=O)c2ccc(F)cc2)CC1. The predicted molar refractivity (Wildman–Crippen MR) is 118 cm³/mol. The fraction of sp³-hybridized carbons (Fsp3) is 0.348. The van der Waals surface area contributed by atoms with Crippen LogP contribution < -0.4 is 5.32 Å². The van der Waals surface area contributed by atoms with Gasteiger partial charge in [-0.3, -0.25) is 9.59 Å². The minimum absolute atomic E-state index is 0.173. The number of hydrogen-bond acceptors (Lipinski definition) is 4. The summed E-state index contributed by atoms with van der Waals surface area (Å²) in [5.74, 6) is -1.52. The number of ether oxygens (including phenoxy) is 1. The van der Waals surface area contributed by atoms with Gasteiger partial charge < -0.3 is 15.0 Å². The minimum atomic E-state index is -0.488. The molecule has 1 aliphatic rings. The Hall–Kier alpha value is -2.74. The Bertz CT molecular complexity index is 957. The number of piperidine rings is 1. The van der Waals surface area contributed by atoms with Gasteiger partial charge in [0.25, 0.3) is 5.91 Å². The van der Waals surface area contributed by atoms with Crippen molar-refractivity contribution in [2.45, 2.75) is 26.2 Å². The third-order valence-electron chi connectivity index (χ3n) is 5.14. The Morgan fingerprint density at radius 3 is 2.45 bits per heavy atom. The van der Waals surface area contributed by atoms with E-state index in [2.05, 4.69) is 21.2 Å². The summed E-state index contributed by atoms with van der Waals surface area (Å²) in [6.45, 7) is 3.07. The third-order valence-corrected chi connectivity index (χ3v) is 5.63. The molecule has 8 heteroatoms. The highest BCUT2D eigenvalue weighted by Crippen LogP contribution is 2.25. The molecule has 0 saturated carbocycles. The molecule has 0 spiro atoms. The molecule has 0 unspecified atom stereocenters. The average Bonchev–Trinajstić information content (AvgIpc) is 2.78. The summed E-state index contributed by atoms with van der Waals surface area (Å²) in [7, 11) is 0. The van der Waals surface area contributed by atoms with Gasteiger partial charge in [0.2, 0.25) is 5.91 Å². The largest absolute Gasteiger partial charge is 0.462 e. The Balaban J connectivity index is 1.61. The highest BCUT2D eigenvalue weighted by Gasteiger charge is 2.28. The summed E-state index contributed by atoms with van der Waals surface area (Å²) in [4.78, 5) is 39.4. The van der Waals surface area contributed by atoms with Crippen LogP contribution in [-0.2, 0) is 9.53 Å². The molecule has 1 N–H and O–H groups in total. The summed E-state index contributed by atoms with van der Waals surface area (Å²) in [5, 5.41) is 2.84. The first kappa shape index (κ1) is 22.9. The lowest BCUT2D eigenvalue weighted by Crippen LogP contribution is -2.41. The van der Waals surface area contributed by atoms with E-state index in [1.165, 1.54) is 24.3 Å². The molecule has 0 aromatic heterocycles. The number of nitrogens with zero attached hydrogens (tertiary/aromatic N) is 1. The number of carbonyl (C=O) groups excluding carboxylic acids is 3. The van der Waals surface area contributed by atoms with Crippen molar-refractivity contribution >= 4 is 39.4 Å². The Morgan fingerprint density at radius 1 is 1.13 bits per heavy atom. The quantitative estimate of drug-likeness (QED) is 0.598. The summed E-state index contributed by atoms with van der Waals surface area (Å²) >= 11 is 3.34. The smallest absolute Gasteiger partial charge is 0.340 e. The van der Waals surface area contributed by atoms with E-state index >= 15 is 0 Å². The predicted octanol–water partition coefficient (Wildman–Crippen LogP) is 4.65. The third kappa shape index (κ3) is 5.91. The van der Waals surface area contributed by atoms with Gasteiger partial charge in [0.05, 0.1) is 17.9 Å². The van der Waals surface area contributed by atoms with E-state index in [1.807, 2.05) is 6.92 Å². The van der Waals surface area contributed by atoms with Crippen LogP contribution in [0.4, 0.5) is 10.1 Å². The maximum Gasteiger partial charge on any atom is 0.340 e. The number of esters is 1. The first-order valence-corrected chi connectivity index (χ1v) is 11.0. The van der Waals surface area contributed by atoms with E-state index in [-0.39, 0.29) is 17.7 Å². The van der Waals surface area contributed by atoms with Crippen LogP contribution in [0.3, 0.4) is 0 Å². The van der Waals surface area contributed by atoms with Crippen LogP contribution >= 0.6 is 15.9 Å². The molecule has 0 bridgehead atoms. The van der Waals surface area contributed by atoms with Crippen LogP contribution in [0.15, 0.2) is 46.9 Å². The molecule has 0 aliphatic carbocycles. The second kappa shape index (κ2) is 10.5. The molecular weight excluding hydrogens is 467 g/mol. The average molecular weight is 491 g/mol. The monoisotopic (exact) mass is 490 g/mol. The van der Waals surface area contributed by atoms with Crippen LogP contribution in [-0.4, -0.2) is 42.4 Å². The molecule has 2 aromatic carbocycles. The molecule has 0 atom stereocenters. The molecule has 2 amide bonds. The number of hydrogen-bond donors (Lipinski definition) is 1. The number of nitrogens with one attached hydrogen (secondary N) is 1. The van der Waals surface area contributed by atoms with Crippen LogP contribution in [0.25, 0.3) is 0 Å². The Kier molecular flexibility index (Phi) is 7.79. The van der Waals surface area contributed by atoms with Crippen molar-refractivity contribution in [3.05, 3.63) is 63.9 Å². The van der Waals surface area contributed by atoms with Gasteiger partial charge in [-0.15, -0.1) is 0 Å². The lowest BCUT2D eigenvalue weighted by molar-refractivity contribution is -0.121. The highest BCUT2D eigenvalue weighted by molar-refractivity contribution is 9.10. The second-order valence-corrected chi connectivity index (χ2v) is 8.30. The first-order valence-electron chi connectivity index (χ1n) is 10.2. The summed E-state index contributed by atoms with van der Waals surface area (Å²) in [6, 6.07) is 10.5.